The summed E-state index contributed by atoms with van der Waals surface area (Å²) in [5, 5.41) is 21.0. The Morgan fingerprint density at radius 2 is 1.59 bits per heavy atom. The van der Waals surface area contributed by atoms with Crippen molar-refractivity contribution in [1.82, 2.24) is 5.06 Å². The van der Waals surface area contributed by atoms with Crippen molar-refractivity contribution < 1.29 is 19.8 Å². The minimum atomic E-state index is -0.688. The molecule has 1 fully saturated rings. The fraction of sp³-hybridized carbons (Fsp3) is 0.955. The molecule has 0 amide bonds. The molecule has 0 radical (unpaired) electrons. The van der Waals surface area contributed by atoms with Gasteiger partial charge >= 0.3 is 5.97 Å². The molecule has 2 unspecified atom stereocenters. The van der Waals surface area contributed by atoms with Gasteiger partial charge in [0, 0.05) is 12.3 Å². The Bertz CT molecular complexity index is 427. The van der Waals surface area contributed by atoms with Crippen LogP contribution in [0.4, 0.5) is 0 Å². The summed E-state index contributed by atoms with van der Waals surface area (Å²) in [6.07, 6.45) is 13.4. The lowest BCUT2D eigenvalue weighted by atomic mass is 9.86. The summed E-state index contributed by atoms with van der Waals surface area (Å²) in [5.41, 5.74) is -0.855. The van der Waals surface area contributed by atoms with Crippen molar-refractivity contribution in [2.75, 3.05) is 6.61 Å². The Labute approximate surface area is 166 Å². The Morgan fingerprint density at radius 3 is 2.07 bits per heavy atom. The highest BCUT2D eigenvalue weighted by atomic mass is 16.6. The van der Waals surface area contributed by atoms with Gasteiger partial charge in [0.15, 0.2) is 0 Å². The van der Waals surface area contributed by atoms with Crippen molar-refractivity contribution in [3.8, 4) is 0 Å². The van der Waals surface area contributed by atoms with E-state index in [1.54, 1.807) is 0 Å². The zero-order chi connectivity index (χ0) is 20.3. The van der Waals surface area contributed by atoms with Crippen LogP contribution in [0.25, 0.3) is 0 Å². The van der Waals surface area contributed by atoms with Gasteiger partial charge in [0.1, 0.15) is 5.72 Å². The molecule has 2 atom stereocenters. The number of carboxylic acids is 1. The monoisotopic (exact) mass is 385 g/mol. The SMILES string of the molecule is CCCCC(C)C1(CCCCCCCCCCC(=O)O)OCC(C)(C)N1O. The summed E-state index contributed by atoms with van der Waals surface area (Å²) in [6.45, 7) is 9.10. The van der Waals surface area contributed by atoms with Crippen LogP contribution in [0.15, 0.2) is 0 Å². The first kappa shape index (κ1) is 24.4. The van der Waals surface area contributed by atoms with Gasteiger partial charge in [-0.25, -0.2) is 0 Å². The Hall–Kier alpha value is -0.650. The first-order valence-corrected chi connectivity index (χ1v) is 11.1. The van der Waals surface area contributed by atoms with E-state index in [4.69, 9.17) is 9.84 Å². The molecule has 0 bridgehead atoms. The summed E-state index contributed by atoms with van der Waals surface area (Å²) < 4.78 is 6.25. The number of aliphatic carboxylic acids is 1. The number of carbonyl (C=O) groups is 1. The molecule has 0 spiro atoms. The molecule has 0 saturated carbocycles. The van der Waals surface area contributed by atoms with Gasteiger partial charge in [-0.1, -0.05) is 65.2 Å². The van der Waals surface area contributed by atoms with E-state index in [0.717, 1.165) is 44.9 Å². The van der Waals surface area contributed by atoms with Crippen molar-refractivity contribution in [3.05, 3.63) is 0 Å². The lowest BCUT2D eigenvalue weighted by Gasteiger charge is -2.42. The summed E-state index contributed by atoms with van der Waals surface area (Å²) in [5.74, 6) is -0.370. The standard InChI is InChI=1S/C22H43NO4/c1-5-6-15-19(2)22(23(26)21(3,4)18-27-22)17-14-12-10-8-7-9-11-13-16-20(24)25/h19,26H,5-18H2,1-4H3,(H,24,25). The zero-order valence-electron chi connectivity index (χ0n) is 18.1. The van der Waals surface area contributed by atoms with E-state index in [-0.39, 0.29) is 5.54 Å². The molecule has 1 aliphatic rings. The Morgan fingerprint density at radius 1 is 1.04 bits per heavy atom. The Kier molecular flexibility index (Phi) is 10.9. The number of nitrogens with zero attached hydrogens (tertiary/aromatic N) is 1. The summed E-state index contributed by atoms with van der Waals surface area (Å²) in [7, 11) is 0. The molecular weight excluding hydrogens is 342 g/mol. The zero-order valence-corrected chi connectivity index (χ0v) is 18.1. The van der Waals surface area contributed by atoms with Gasteiger partial charge in [-0.3, -0.25) is 4.79 Å². The molecule has 27 heavy (non-hydrogen) atoms. The van der Waals surface area contributed by atoms with Crippen LogP contribution in [0, 0.1) is 5.92 Å². The maximum absolute atomic E-state index is 10.9. The van der Waals surface area contributed by atoms with Crippen molar-refractivity contribution in [2.45, 2.75) is 122 Å². The van der Waals surface area contributed by atoms with Gasteiger partial charge in [0.05, 0.1) is 12.1 Å². The van der Waals surface area contributed by atoms with E-state index in [2.05, 4.69) is 13.8 Å². The van der Waals surface area contributed by atoms with Gasteiger partial charge in [-0.15, -0.1) is 0 Å². The molecular formula is C22H43NO4. The quantitative estimate of drug-likeness (QED) is 0.339. The van der Waals surface area contributed by atoms with E-state index < -0.39 is 11.7 Å². The third-order valence-corrected chi connectivity index (χ3v) is 6.04. The van der Waals surface area contributed by atoms with Crippen LogP contribution < -0.4 is 0 Å². The van der Waals surface area contributed by atoms with Gasteiger partial charge in [0.25, 0.3) is 0 Å². The van der Waals surface area contributed by atoms with Crippen LogP contribution in [0.3, 0.4) is 0 Å². The van der Waals surface area contributed by atoms with E-state index in [9.17, 15) is 10.0 Å². The number of ether oxygens (including phenoxy) is 1. The fourth-order valence-corrected chi connectivity index (χ4v) is 4.16. The van der Waals surface area contributed by atoms with Crippen molar-refractivity contribution in [1.29, 1.82) is 0 Å². The molecule has 1 aliphatic heterocycles. The molecule has 0 aromatic carbocycles. The van der Waals surface area contributed by atoms with Crippen molar-refractivity contribution in [3.63, 3.8) is 0 Å². The van der Waals surface area contributed by atoms with Crippen LogP contribution in [0.1, 0.15) is 111 Å². The van der Waals surface area contributed by atoms with Crippen LogP contribution in [-0.2, 0) is 9.53 Å². The van der Waals surface area contributed by atoms with E-state index >= 15 is 0 Å². The smallest absolute Gasteiger partial charge is 0.303 e. The van der Waals surface area contributed by atoms with Crippen LogP contribution >= 0.6 is 0 Å². The number of hydrogen-bond acceptors (Lipinski definition) is 4. The normalized spacial score (nSPS) is 23.6. The van der Waals surface area contributed by atoms with Crippen molar-refractivity contribution in [2.24, 2.45) is 5.92 Å². The minimum Gasteiger partial charge on any atom is -0.481 e. The second-order valence-electron chi connectivity index (χ2n) is 9.02. The highest BCUT2D eigenvalue weighted by molar-refractivity contribution is 5.66. The van der Waals surface area contributed by atoms with Gasteiger partial charge in [0.2, 0.25) is 0 Å². The molecule has 5 heteroatoms. The molecule has 160 valence electrons. The lowest BCUT2D eigenvalue weighted by Crippen LogP contribution is -2.54. The van der Waals surface area contributed by atoms with E-state index in [1.807, 2.05) is 13.8 Å². The molecule has 1 saturated heterocycles. The number of carboxylic acid groups (broad SMARTS) is 1. The second-order valence-corrected chi connectivity index (χ2v) is 9.02. The molecule has 5 nitrogen and oxygen atoms in total. The Balaban J connectivity index is 2.32. The molecule has 1 rings (SSSR count). The highest BCUT2D eigenvalue weighted by Gasteiger charge is 2.53. The molecule has 1 heterocycles. The lowest BCUT2D eigenvalue weighted by molar-refractivity contribution is -0.273. The first-order chi connectivity index (χ1) is 12.8. The third kappa shape index (κ3) is 7.71. The number of unbranched alkanes of at least 4 members (excludes halogenated alkanes) is 8. The third-order valence-electron chi connectivity index (χ3n) is 6.04. The summed E-state index contributed by atoms with van der Waals surface area (Å²) >= 11 is 0. The predicted octanol–water partition coefficient (Wildman–Crippen LogP) is 5.99. The maximum Gasteiger partial charge on any atom is 0.303 e. The number of hydroxylamine groups is 2. The summed E-state index contributed by atoms with van der Waals surface area (Å²) in [4.78, 5) is 10.5. The van der Waals surface area contributed by atoms with Gasteiger partial charge in [-0.2, -0.15) is 5.06 Å². The van der Waals surface area contributed by atoms with Gasteiger partial charge < -0.3 is 15.1 Å². The van der Waals surface area contributed by atoms with E-state index in [1.165, 1.54) is 37.2 Å². The average molecular weight is 386 g/mol. The maximum atomic E-state index is 10.9. The topological polar surface area (TPSA) is 70.0 Å². The highest BCUT2D eigenvalue weighted by Crippen LogP contribution is 2.43. The van der Waals surface area contributed by atoms with E-state index in [0.29, 0.717) is 18.9 Å². The van der Waals surface area contributed by atoms with Crippen molar-refractivity contribution >= 4 is 5.97 Å². The van der Waals surface area contributed by atoms with Crippen LogP contribution in [-0.4, -0.2) is 39.2 Å². The second kappa shape index (κ2) is 12.0. The van der Waals surface area contributed by atoms with Gasteiger partial charge in [-0.05, 0) is 39.5 Å². The average Bonchev–Trinajstić information content (AvgIpc) is 2.85. The minimum absolute atomic E-state index is 0.298. The number of rotatable bonds is 15. The largest absolute Gasteiger partial charge is 0.481 e. The molecule has 0 aromatic rings. The predicted molar refractivity (Wildman–Crippen MR) is 109 cm³/mol. The molecule has 0 aliphatic carbocycles. The van der Waals surface area contributed by atoms with Crippen LogP contribution in [0.5, 0.6) is 0 Å². The first-order valence-electron chi connectivity index (χ1n) is 11.1. The number of hydrogen-bond donors (Lipinski definition) is 2. The summed E-state index contributed by atoms with van der Waals surface area (Å²) in [6, 6.07) is 0. The molecule has 0 aromatic heterocycles. The molecule has 2 N–H and O–H groups in total. The fourth-order valence-electron chi connectivity index (χ4n) is 4.16. The van der Waals surface area contributed by atoms with Crippen LogP contribution in [0.2, 0.25) is 0 Å².